The monoisotopic (exact) mass is 154 g/mol. The molecule has 0 aliphatic carbocycles. The Labute approximate surface area is 66.8 Å². The molecule has 4 heteroatoms. The third kappa shape index (κ3) is 1.69. The lowest BCUT2D eigenvalue weighted by Gasteiger charge is -2.16. The summed E-state index contributed by atoms with van der Waals surface area (Å²) in [4.78, 5) is 3.77. The molecule has 0 spiro atoms. The highest BCUT2D eigenvalue weighted by Gasteiger charge is 2.15. The predicted octanol–water partition coefficient (Wildman–Crippen LogP) is 0.208. The van der Waals surface area contributed by atoms with Crippen molar-refractivity contribution in [1.29, 1.82) is 10.8 Å². The highest BCUT2D eigenvalue weighted by atomic mass is 15.2. The van der Waals surface area contributed by atoms with Gasteiger partial charge in [-0.15, -0.1) is 0 Å². The van der Waals surface area contributed by atoms with Gasteiger partial charge in [0.25, 0.3) is 0 Å². The maximum Gasteiger partial charge on any atom is 0.103 e. The lowest BCUT2D eigenvalue weighted by molar-refractivity contribution is 0.422. The van der Waals surface area contributed by atoms with E-state index in [1.165, 1.54) is 0 Å². The molecule has 0 atom stereocenters. The van der Waals surface area contributed by atoms with E-state index in [-0.39, 0.29) is 0 Å². The third-order valence-corrected chi connectivity index (χ3v) is 2.03. The molecule has 11 heavy (non-hydrogen) atoms. The van der Waals surface area contributed by atoms with Gasteiger partial charge >= 0.3 is 0 Å². The first-order chi connectivity index (χ1) is 5.11. The Morgan fingerprint density at radius 1 is 1.00 bits per heavy atom. The summed E-state index contributed by atoms with van der Waals surface area (Å²) < 4.78 is 0. The molecule has 1 heterocycles. The Balaban J connectivity index is 2.66. The summed E-state index contributed by atoms with van der Waals surface area (Å²) >= 11 is 0. The molecule has 0 aromatic heterocycles. The molecular weight excluding hydrogens is 140 g/mol. The van der Waals surface area contributed by atoms with Gasteiger partial charge in [0.05, 0.1) is 6.42 Å². The van der Waals surface area contributed by atoms with E-state index >= 15 is 0 Å². The maximum atomic E-state index is 7.51. The van der Waals surface area contributed by atoms with Gasteiger partial charge in [0.2, 0.25) is 0 Å². The molecule has 2 N–H and O–H groups in total. The van der Waals surface area contributed by atoms with Gasteiger partial charge in [-0.1, -0.05) is 0 Å². The zero-order valence-corrected chi connectivity index (χ0v) is 7.02. The van der Waals surface area contributed by atoms with Crippen LogP contribution in [-0.4, -0.2) is 48.7 Å². The molecule has 4 nitrogen and oxygen atoms in total. The van der Waals surface area contributed by atoms with Gasteiger partial charge < -0.3 is 9.80 Å². The number of nitrogens with one attached hydrogen (secondary N) is 2. The molecule has 1 saturated heterocycles. The second-order valence-electron chi connectivity index (χ2n) is 2.91. The first-order valence-electron chi connectivity index (χ1n) is 3.68. The number of likely N-dealkylation sites (N-methyl/N-ethyl adjacent to an activating group) is 2. The molecule has 0 aromatic carbocycles. The summed E-state index contributed by atoms with van der Waals surface area (Å²) in [5.41, 5.74) is 0. The molecule has 0 amide bonds. The van der Waals surface area contributed by atoms with Crippen LogP contribution in [0.4, 0.5) is 0 Å². The minimum Gasteiger partial charge on any atom is -0.361 e. The number of hydrogen-bond donors (Lipinski definition) is 2. The summed E-state index contributed by atoms with van der Waals surface area (Å²) in [5, 5.41) is 15.0. The van der Waals surface area contributed by atoms with Crippen molar-refractivity contribution in [1.82, 2.24) is 9.80 Å². The van der Waals surface area contributed by atoms with E-state index in [4.69, 9.17) is 10.8 Å². The van der Waals surface area contributed by atoms with Gasteiger partial charge in [-0.05, 0) is 0 Å². The number of rotatable bonds is 0. The highest BCUT2D eigenvalue weighted by molar-refractivity contribution is 6.00. The molecule has 62 valence electrons. The van der Waals surface area contributed by atoms with Crippen LogP contribution >= 0.6 is 0 Å². The van der Waals surface area contributed by atoms with Crippen molar-refractivity contribution in [3.8, 4) is 0 Å². The summed E-state index contributed by atoms with van der Waals surface area (Å²) in [6.45, 7) is 1.69. The van der Waals surface area contributed by atoms with Crippen LogP contribution in [-0.2, 0) is 0 Å². The number of nitrogens with zero attached hydrogens (tertiary/aromatic N) is 2. The van der Waals surface area contributed by atoms with Crippen LogP contribution in [0, 0.1) is 10.8 Å². The third-order valence-electron chi connectivity index (χ3n) is 2.03. The first kappa shape index (κ1) is 8.04. The Kier molecular flexibility index (Phi) is 2.12. The lowest BCUT2D eigenvalue weighted by atomic mass is 10.3. The minimum absolute atomic E-state index is 0.465. The van der Waals surface area contributed by atoms with Crippen molar-refractivity contribution in [2.75, 3.05) is 27.2 Å². The molecule has 1 fully saturated rings. The Morgan fingerprint density at radius 3 is 1.73 bits per heavy atom. The van der Waals surface area contributed by atoms with Gasteiger partial charge in [-0.25, -0.2) is 0 Å². The van der Waals surface area contributed by atoms with Crippen LogP contribution in [0.15, 0.2) is 0 Å². The Hall–Kier alpha value is -1.06. The molecule has 1 aliphatic heterocycles. The summed E-state index contributed by atoms with van der Waals surface area (Å²) in [5.74, 6) is 1.08. The van der Waals surface area contributed by atoms with Crippen molar-refractivity contribution < 1.29 is 0 Å². The smallest absolute Gasteiger partial charge is 0.103 e. The van der Waals surface area contributed by atoms with Crippen molar-refractivity contribution in [2.45, 2.75) is 6.42 Å². The van der Waals surface area contributed by atoms with Crippen LogP contribution < -0.4 is 0 Å². The number of hydrogen-bond acceptors (Lipinski definition) is 2. The maximum absolute atomic E-state index is 7.51. The van der Waals surface area contributed by atoms with Crippen LogP contribution in [0.1, 0.15) is 6.42 Å². The van der Waals surface area contributed by atoms with Gasteiger partial charge in [0.1, 0.15) is 11.7 Å². The average molecular weight is 154 g/mol. The quantitative estimate of drug-likeness (QED) is 0.524. The molecule has 0 bridgehead atoms. The summed E-state index contributed by atoms with van der Waals surface area (Å²) in [6, 6.07) is 0. The highest BCUT2D eigenvalue weighted by Crippen LogP contribution is 2.01. The summed E-state index contributed by atoms with van der Waals surface area (Å²) in [7, 11) is 3.80. The molecule has 0 unspecified atom stereocenters. The van der Waals surface area contributed by atoms with Crippen molar-refractivity contribution in [3.05, 3.63) is 0 Å². The Bertz CT molecular complexity index is 167. The van der Waals surface area contributed by atoms with Gasteiger partial charge in [0.15, 0.2) is 0 Å². The van der Waals surface area contributed by atoms with E-state index < -0.39 is 0 Å². The SMILES string of the molecule is CN1CCN(C)C(=N)CC1=N. The molecule has 1 aliphatic rings. The molecule has 0 aromatic rings. The second kappa shape index (κ2) is 2.90. The van der Waals surface area contributed by atoms with Crippen molar-refractivity contribution in [3.63, 3.8) is 0 Å². The van der Waals surface area contributed by atoms with Gasteiger partial charge in [-0.2, -0.15) is 0 Å². The van der Waals surface area contributed by atoms with E-state index in [1.54, 1.807) is 0 Å². The lowest BCUT2D eigenvalue weighted by Crippen LogP contribution is -2.28. The zero-order valence-electron chi connectivity index (χ0n) is 7.02. The fourth-order valence-corrected chi connectivity index (χ4v) is 0.998. The number of amidine groups is 2. The average Bonchev–Trinajstić information content (AvgIpc) is 2.05. The van der Waals surface area contributed by atoms with E-state index in [0.29, 0.717) is 18.1 Å². The normalized spacial score (nSPS) is 20.5. The molecule has 1 rings (SSSR count). The van der Waals surface area contributed by atoms with Crippen molar-refractivity contribution >= 4 is 11.7 Å². The molecular formula is C7H14N4. The first-order valence-corrected chi connectivity index (χ1v) is 3.68. The van der Waals surface area contributed by atoms with Gasteiger partial charge in [0, 0.05) is 27.2 Å². The van der Waals surface area contributed by atoms with Crippen LogP contribution in [0.25, 0.3) is 0 Å². The fourth-order valence-electron chi connectivity index (χ4n) is 0.998. The van der Waals surface area contributed by atoms with Crippen molar-refractivity contribution in [2.24, 2.45) is 0 Å². The standard InChI is InChI=1S/C7H14N4/c1-10-3-4-11(2)7(9)5-6(10)8/h8-9H,3-5H2,1-2H3. The van der Waals surface area contributed by atoms with E-state index in [0.717, 1.165) is 13.1 Å². The second-order valence-corrected chi connectivity index (χ2v) is 2.91. The van der Waals surface area contributed by atoms with Crippen LogP contribution in [0.5, 0.6) is 0 Å². The van der Waals surface area contributed by atoms with Crippen LogP contribution in [0.2, 0.25) is 0 Å². The van der Waals surface area contributed by atoms with Gasteiger partial charge in [-0.3, -0.25) is 10.8 Å². The predicted molar refractivity (Wildman–Crippen MR) is 45.3 cm³/mol. The van der Waals surface area contributed by atoms with E-state index in [2.05, 4.69) is 0 Å². The summed E-state index contributed by atoms with van der Waals surface area (Å²) in [6.07, 6.45) is 0.465. The minimum atomic E-state index is 0.465. The zero-order chi connectivity index (χ0) is 8.43. The topological polar surface area (TPSA) is 54.2 Å². The van der Waals surface area contributed by atoms with E-state index in [1.807, 2.05) is 23.9 Å². The molecule has 0 radical (unpaired) electrons. The van der Waals surface area contributed by atoms with Crippen LogP contribution in [0.3, 0.4) is 0 Å². The van der Waals surface area contributed by atoms with E-state index in [9.17, 15) is 0 Å². The molecule has 0 saturated carbocycles. The Morgan fingerprint density at radius 2 is 1.36 bits per heavy atom. The fraction of sp³-hybridized carbons (Fsp3) is 0.714. The largest absolute Gasteiger partial charge is 0.361 e.